The number of carbonyl (C=O) groups is 1. The molecule has 19 heavy (non-hydrogen) atoms. The third-order valence-electron chi connectivity index (χ3n) is 2.74. The van der Waals surface area contributed by atoms with Crippen molar-refractivity contribution < 1.29 is 4.79 Å². The highest BCUT2D eigenvalue weighted by Crippen LogP contribution is 2.13. The first-order valence-electron chi connectivity index (χ1n) is 6.48. The van der Waals surface area contributed by atoms with E-state index in [1.54, 1.807) is 0 Å². The summed E-state index contributed by atoms with van der Waals surface area (Å²) in [7, 11) is 0. The smallest absolute Gasteiger partial charge is 0.243 e. The van der Waals surface area contributed by atoms with Gasteiger partial charge in [-0.25, -0.2) is 14.8 Å². The molecule has 0 atom stereocenters. The summed E-state index contributed by atoms with van der Waals surface area (Å²) in [4.78, 5) is 20.5. The Kier molecular flexibility index (Phi) is 4.03. The number of hydrogen-bond acceptors (Lipinski definition) is 5. The molecule has 0 aliphatic rings. The van der Waals surface area contributed by atoms with Crippen LogP contribution in [0.15, 0.2) is 12.7 Å². The normalized spacial score (nSPS) is 11.2. The average Bonchev–Trinajstić information content (AvgIpc) is 3.04. The molecule has 0 aliphatic heterocycles. The Morgan fingerprint density at radius 1 is 1.42 bits per heavy atom. The predicted molar refractivity (Wildman–Crippen MR) is 68.9 cm³/mol. The van der Waals surface area contributed by atoms with Crippen LogP contribution in [0.3, 0.4) is 0 Å². The van der Waals surface area contributed by atoms with Crippen LogP contribution < -0.4 is 0 Å². The van der Waals surface area contributed by atoms with Crippen LogP contribution in [0, 0.1) is 0 Å². The lowest BCUT2D eigenvalue weighted by Crippen LogP contribution is -2.23. The lowest BCUT2D eigenvalue weighted by Gasteiger charge is -2.05. The number of rotatable bonds is 4. The summed E-state index contributed by atoms with van der Waals surface area (Å²) in [5.41, 5.74) is 0. The molecule has 7 heteroatoms. The Labute approximate surface area is 111 Å². The van der Waals surface area contributed by atoms with Gasteiger partial charge in [0.1, 0.15) is 18.5 Å². The van der Waals surface area contributed by atoms with Gasteiger partial charge in [-0.2, -0.15) is 14.5 Å². The van der Waals surface area contributed by atoms with Gasteiger partial charge >= 0.3 is 6.03 Å². The van der Waals surface area contributed by atoms with Gasteiger partial charge in [0.25, 0.3) is 0 Å². The van der Waals surface area contributed by atoms with Crippen molar-refractivity contribution in [2.24, 2.45) is 0 Å². The molecule has 102 valence electrons. The summed E-state index contributed by atoms with van der Waals surface area (Å²) in [6.45, 7) is 6.08. The Morgan fingerprint density at radius 3 is 2.79 bits per heavy atom. The number of unbranched alkanes of at least 4 members (excludes halogenated alkanes) is 1. The van der Waals surface area contributed by atoms with Crippen molar-refractivity contribution in [3.8, 4) is 0 Å². The van der Waals surface area contributed by atoms with E-state index in [2.05, 4.69) is 27.1 Å². The molecule has 0 amide bonds. The molecule has 0 aliphatic carbocycles. The minimum Gasteiger partial charge on any atom is -0.243 e. The number of aryl methyl sites for hydroxylation is 1. The molecule has 2 aromatic heterocycles. The molecule has 0 radical (unpaired) electrons. The van der Waals surface area contributed by atoms with Crippen LogP contribution in [0.4, 0.5) is 4.79 Å². The molecule has 0 bridgehead atoms. The van der Waals surface area contributed by atoms with E-state index in [9.17, 15) is 4.79 Å². The van der Waals surface area contributed by atoms with E-state index >= 15 is 0 Å². The second-order valence-corrected chi connectivity index (χ2v) is 4.68. The predicted octanol–water partition coefficient (Wildman–Crippen LogP) is 1.85. The molecule has 0 unspecified atom stereocenters. The van der Waals surface area contributed by atoms with E-state index in [4.69, 9.17) is 0 Å². The molecule has 0 fully saturated rings. The first-order chi connectivity index (χ1) is 9.13. The van der Waals surface area contributed by atoms with E-state index in [1.807, 2.05) is 13.8 Å². The van der Waals surface area contributed by atoms with Gasteiger partial charge in [0.05, 0.1) is 0 Å². The molecule has 2 aromatic rings. The van der Waals surface area contributed by atoms with Gasteiger partial charge in [-0.3, -0.25) is 0 Å². The van der Waals surface area contributed by atoms with Gasteiger partial charge in [0.2, 0.25) is 0 Å². The Bertz CT molecular complexity index is 543. The zero-order chi connectivity index (χ0) is 13.8. The maximum atomic E-state index is 12.2. The second-order valence-electron chi connectivity index (χ2n) is 4.68. The molecule has 0 aromatic carbocycles. The lowest BCUT2D eigenvalue weighted by atomic mass is 10.2. The summed E-state index contributed by atoms with van der Waals surface area (Å²) in [6, 6.07) is -0.351. The number of nitrogens with zero attached hydrogens (tertiary/aromatic N) is 6. The fourth-order valence-corrected chi connectivity index (χ4v) is 1.73. The zero-order valence-electron chi connectivity index (χ0n) is 11.4. The van der Waals surface area contributed by atoms with Crippen molar-refractivity contribution in [1.82, 2.24) is 29.5 Å². The molecule has 0 N–H and O–H groups in total. The molecular formula is C12H18N6O. The van der Waals surface area contributed by atoms with Crippen molar-refractivity contribution in [3.05, 3.63) is 24.3 Å². The van der Waals surface area contributed by atoms with E-state index in [0.29, 0.717) is 11.6 Å². The first-order valence-corrected chi connectivity index (χ1v) is 6.48. The minimum absolute atomic E-state index is 0.121. The maximum Gasteiger partial charge on any atom is 0.372 e. The molecule has 0 saturated heterocycles. The van der Waals surface area contributed by atoms with E-state index in [1.165, 1.54) is 17.3 Å². The van der Waals surface area contributed by atoms with Crippen molar-refractivity contribution in [2.75, 3.05) is 0 Å². The third kappa shape index (κ3) is 2.86. The number of hydrogen-bond donors (Lipinski definition) is 0. The minimum atomic E-state index is -0.351. The van der Waals surface area contributed by atoms with Crippen LogP contribution >= 0.6 is 0 Å². The summed E-state index contributed by atoms with van der Waals surface area (Å²) >= 11 is 0. The largest absolute Gasteiger partial charge is 0.372 e. The molecule has 2 rings (SSSR count). The van der Waals surface area contributed by atoms with Gasteiger partial charge in [-0.15, -0.1) is 5.10 Å². The lowest BCUT2D eigenvalue weighted by molar-refractivity contribution is 0.237. The van der Waals surface area contributed by atoms with Crippen LogP contribution in [0.1, 0.15) is 51.2 Å². The SMILES string of the molecule is CCCCc1nc(C(C)C)n(C(=O)n2cncn2)n1. The van der Waals surface area contributed by atoms with Gasteiger partial charge in [0, 0.05) is 12.3 Å². The monoisotopic (exact) mass is 262 g/mol. The highest BCUT2D eigenvalue weighted by atomic mass is 16.2. The van der Waals surface area contributed by atoms with Crippen molar-refractivity contribution in [1.29, 1.82) is 0 Å². The van der Waals surface area contributed by atoms with Gasteiger partial charge < -0.3 is 0 Å². The fraction of sp³-hybridized carbons (Fsp3) is 0.583. The zero-order valence-corrected chi connectivity index (χ0v) is 11.4. The van der Waals surface area contributed by atoms with Gasteiger partial charge in [0.15, 0.2) is 5.82 Å². The van der Waals surface area contributed by atoms with Crippen LogP contribution in [-0.2, 0) is 6.42 Å². The molecule has 7 nitrogen and oxygen atoms in total. The summed E-state index contributed by atoms with van der Waals surface area (Å²) in [6.07, 6.45) is 5.55. The summed E-state index contributed by atoms with van der Waals surface area (Å²) in [5.74, 6) is 1.49. The van der Waals surface area contributed by atoms with Crippen LogP contribution in [0.5, 0.6) is 0 Å². The topological polar surface area (TPSA) is 78.5 Å². The third-order valence-corrected chi connectivity index (χ3v) is 2.74. The number of carbonyl (C=O) groups excluding carboxylic acids is 1. The fourth-order valence-electron chi connectivity index (χ4n) is 1.73. The summed E-state index contributed by atoms with van der Waals surface area (Å²) in [5, 5.41) is 8.12. The number of aromatic nitrogens is 6. The van der Waals surface area contributed by atoms with E-state index in [-0.39, 0.29) is 11.9 Å². The van der Waals surface area contributed by atoms with Crippen molar-refractivity contribution in [3.63, 3.8) is 0 Å². The Morgan fingerprint density at radius 2 is 2.21 bits per heavy atom. The van der Waals surface area contributed by atoms with E-state index < -0.39 is 0 Å². The molecule has 0 spiro atoms. The first kappa shape index (κ1) is 13.4. The van der Waals surface area contributed by atoms with Crippen LogP contribution in [0.2, 0.25) is 0 Å². The Balaban J connectivity index is 2.32. The Hall–Kier alpha value is -2.05. The van der Waals surface area contributed by atoms with Gasteiger partial charge in [-0.05, 0) is 6.42 Å². The van der Waals surface area contributed by atoms with Crippen LogP contribution in [0.25, 0.3) is 0 Å². The second kappa shape index (κ2) is 5.73. The maximum absolute atomic E-state index is 12.2. The molecule has 0 saturated carbocycles. The van der Waals surface area contributed by atoms with Crippen molar-refractivity contribution >= 4 is 6.03 Å². The van der Waals surface area contributed by atoms with Crippen molar-refractivity contribution in [2.45, 2.75) is 46.0 Å². The average molecular weight is 262 g/mol. The molecule has 2 heterocycles. The molecular weight excluding hydrogens is 244 g/mol. The quantitative estimate of drug-likeness (QED) is 0.840. The van der Waals surface area contributed by atoms with E-state index in [0.717, 1.165) is 23.9 Å². The highest BCUT2D eigenvalue weighted by Gasteiger charge is 2.19. The van der Waals surface area contributed by atoms with Crippen LogP contribution in [-0.4, -0.2) is 35.6 Å². The highest BCUT2D eigenvalue weighted by molar-refractivity contribution is 5.77. The summed E-state index contributed by atoms with van der Waals surface area (Å²) < 4.78 is 2.48. The standard InChI is InChI=1S/C12H18N6O/c1-4-5-6-10-15-11(9(2)3)18(16-10)12(19)17-8-13-7-14-17/h7-9H,4-6H2,1-3H3. The van der Waals surface area contributed by atoms with Gasteiger partial charge in [-0.1, -0.05) is 27.2 Å².